The second kappa shape index (κ2) is 8.25. The zero-order valence-corrected chi connectivity index (χ0v) is 17.3. The second-order valence-corrected chi connectivity index (χ2v) is 9.80. The summed E-state index contributed by atoms with van der Waals surface area (Å²) in [4.78, 5) is 8.63. The van der Waals surface area contributed by atoms with Gasteiger partial charge in [0.05, 0.1) is 20.4 Å². The summed E-state index contributed by atoms with van der Waals surface area (Å²) in [5.74, 6) is 1.06. The standard InChI is InChI=1S/C9H8ClNS2.C7H4ClNS2/c1-2-12-9-11-7-5-6(10)3-4-8(7)13-9;8-4-1-2-6-5(3-4)9-7(10)11-6/h3-5H,2H2,1H3;1-3H,(H,9,10). The van der Waals surface area contributed by atoms with Gasteiger partial charge in [0.1, 0.15) is 4.34 Å². The number of nitrogens with zero attached hydrogens (tertiary/aromatic N) is 2. The van der Waals surface area contributed by atoms with Crippen LogP contribution in [0, 0.1) is 0 Å². The lowest BCUT2D eigenvalue weighted by molar-refractivity contribution is 1.30. The Hall–Kier alpha value is -0.500. The third-order valence-corrected chi connectivity index (χ3v) is 6.68. The molecule has 0 N–H and O–H groups in total. The number of thiazole rings is 2. The number of hydrogen-bond acceptors (Lipinski definition) is 6. The van der Waals surface area contributed by atoms with Gasteiger partial charge < -0.3 is 0 Å². The van der Waals surface area contributed by atoms with Crippen molar-refractivity contribution >= 4 is 90.7 Å². The summed E-state index contributed by atoms with van der Waals surface area (Å²) in [6.45, 7) is 2.13. The molecule has 0 aliphatic heterocycles. The minimum atomic E-state index is 0.719. The van der Waals surface area contributed by atoms with Gasteiger partial charge >= 0.3 is 0 Å². The Morgan fingerprint density at radius 1 is 0.958 bits per heavy atom. The van der Waals surface area contributed by atoms with E-state index in [4.69, 9.17) is 23.2 Å². The van der Waals surface area contributed by atoms with E-state index >= 15 is 0 Å². The monoisotopic (exact) mass is 430 g/mol. The fraction of sp³-hybridized carbons (Fsp3) is 0.125. The van der Waals surface area contributed by atoms with Gasteiger partial charge in [-0.15, -0.1) is 35.3 Å². The summed E-state index contributed by atoms with van der Waals surface area (Å²) in [5.41, 5.74) is 1.93. The highest BCUT2D eigenvalue weighted by molar-refractivity contribution is 8.01. The number of aromatic nitrogens is 2. The van der Waals surface area contributed by atoms with E-state index in [-0.39, 0.29) is 0 Å². The van der Waals surface area contributed by atoms with Gasteiger partial charge in [-0.25, -0.2) is 9.97 Å². The van der Waals surface area contributed by atoms with E-state index in [2.05, 4.69) is 29.5 Å². The van der Waals surface area contributed by atoms with Crippen molar-refractivity contribution < 1.29 is 0 Å². The molecule has 8 heteroatoms. The second-order valence-electron chi connectivity index (χ2n) is 4.63. The minimum absolute atomic E-state index is 0.719. The number of hydrogen-bond donors (Lipinski definition) is 1. The molecule has 124 valence electrons. The minimum Gasteiger partial charge on any atom is -0.230 e. The van der Waals surface area contributed by atoms with Gasteiger partial charge in [-0.3, -0.25) is 0 Å². The highest BCUT2D eigenvalue weighted by atomic mass is 35.5. The molecular weight excluding hydrogens is 419 g/mol. The third-order valence-electron chi connectivity index (χ3n) is 2.94. The highest BCUT2D eigenvalue weighted by Crippen LogP contribution is 2.30. The van der Waals surface area contributed by atoms with Crippen LogP contribution in [0.4, 0.5) is 0 Å². The number of thiol groups is 1. The fourth-order valence-electron chi connectivity index (χ4n) is 1.95. The Bertz CT molecular complexity index is 981. The van der Waals surface area contributed by atoms with Crippen LogP contribution in [0.1, 0.15) is 6.92 Å². The van der Waals surface area contributed by atoms with Crippen LogP contribution in [0.15, 0.2) is 45.1 Å². The van der Waals surface area contributed by atoms with Crippen LogP contribution in [0.5, 0.6) is 0 Å². The Morgan fingerprint density at radius 3 is 2.17 bits per heavy atom. The van der Waals surface area contributed by atoms with Crippen molar-refractivity contribution in [2.24, 2.45) is 0 Å². The van der Waals surface area contributed by atoms with Crippen molar-refractivity contribution in [3.05, 3.63) is 46.4 Å². The van der Waals surface area contributed by atoms with E-state index in [9.17, 15) is 0 Å². The average Bonchev–Trinajstić information content (AvgIpc) is 3.09. The Labute approximate surface area is 167 Å². The van der Waals surface area contributed by atoms with Crippen LogP contribution in [-0.2, 0) is 0 Å². The molecule has 2 nitrogen and oxygen atoms in total. The molecule has 0 atom stereocenters. The van der Waals surface area contributed by atoms with E-state index in [1.165, 1.54) is 4.70 Å². The lowest BCUT2D eigenvalue weighted by Crippen LogP contribution is -1.69. The number of fused-ring (bicyclic) bond motifs is 2. The molecule has 0 saturated carbocycles. The largest absolute Gasteiger partial charge is 0.230 e. The lowest BCUT2D eigenvalue weighted by Gasteiger charge is -1.86. The molecule has 0 aliphatic rings. The van der Waals surface area contributed by atoms with Gasteiger partial charge in [0.25, 0.3) is 0 Å². The van der Waals surface area contributed by atoms with E-state index < -0.39 is 0 Å². The maximum absolute atomic E-state index is 5.86. The number of thioether (sulfide) groups is 1. The Morgan fingerprint density at radius 2 is 1.54 bits per heavy atom. The number of halogens is 2. The van der Waals surface area contributed by atoms with Crippen molar-refractivity contribution in [2.45, 2.75) is 15.6 Å². The fourth-order valence-corrected chi connectivity index (χ4v) is 5.32. The first kappa shape index (κ1) is 18.3. The molecular formula is C16H12Cl2N2S4. The first-order chi connectivity index (χ1) is 11.5. The van der Waals surface area contributed by atoms with Crippen LogP contribution in [0.2, 0.25) is 10.0 Å². The summed E-state index contributed by atoms with van der Waals surface area (Å²) in [7, 11) is 0. The van der Waals surface area contributed by atoms with Gasteiger partial charge in [-0.05, 0) is 42.2 Å². The van der Waals surface area contributed by atoms with Gasteiger partial charge in [-0.2, -0.15) is 0 Å². The Kier molecular flexibility index (Phi) is 6.29. The van der Waals surface area contributed by atoms with Crippen LogP contribution >= 0.6 is 70.3 Å². The van der Waals surface area contributed by atoms with Crippen molar-refractivity contribution in [3.63, 3.8) is 0 Å². The van der Waals surface area contributed by atoms with Gasteiger partial charge in [0, 0.05) is 10.0 Å². The van der Waals surface area contributed by atoms with Crippen LogP contribution < -0.4 is 0 Å². The normalized spacial score (nSPS) is 10.8. The predicted molar refractivity (Wildman–Crippen MR) is 113 cm³/mol. The molecule has 2 heterocycles. The topological polar surface area (TPSA) is 25.8 Å². The zero-order valence-electron chi connectivity index (χ0n) is 12.5. The van der Waals surface area contributed by atoms with E-state index in [1.54, 1.807) is 34.4 Å². The first-order valence-corrected chi connectivity index (χ1v) is 10.8. The van der Waals surface area contributed by atoms with Gasteiger partial charge in [0.2, 0.25) is 0 Å². The van der Waals surface area contributed by atoms with E-state index in [0.29, 0.717) is 0 Å². The molecule has 0 unspecified atom stereocenters. The molecule has 0 bridgehead atoms. The molecule has 0 saturated heterocycles. The average molecular weight is 431 g/mol. The Balaban J connectivity index is 0.000000143. The smallest absolute Gasteiger partial charge is 0.151 e. The molecule has 0 aliphatic carbocycles. The SMILES string of the molecule is CCSc1nc2cc(Cl)ccc2s1.Sc1nc2cc(Cl)ccc2s1. The molecule has 0 fully saturated rings. The molecule has 4 aromatic rings. The molecule has 24 heavy (non-hydrogen) atoms. The third kappa shape index (κ3) is 4.56. The van der Waals surface area contributed by atoms with Crippen molar-refractivity contribution in [1.82, 2.24) is 9.97 Å². The first-order valence-electron chi connectivity index (χ1n) is 6.99. The maximum atomic E-state index is 5.86. The van der Waals surface area contributed by atoms with E-state index in [1.807, 2.05) is 36.4 Å². The zero-order chi connectivity index (χ0) is 17.1. The van der Waals surface area contributed by atoms with Crippen molar-refractivity contribution in [3.8, 4) is 0 Å². The predicted octanol–water partition coefficient (Wildman–Crippen LogP) is 7.30. The molecule has 0 spiro atoms. The van der Waals surface area contributed by atoms with Crippen molar-refractivity contribution in [1.29, 1.82) is 0 Å². The van der Waals surface area contributed by atoms with Crippen LogP contribution in [0.3, 0.4) is 0 Å². The lowest BCUT2D eigenvalue weighted by atomic mass is 10.3. The molecule has 0 radical (unpaired) electrons. The summed E-state index contributed by atoms with van der Waals surface area (Å²) in [5, 5.41) is 1.47. The van der Waals surface area contributed by atoms with Crippen LogP contribution in [0.25, 0.3) is 20.4 Å². The highest BCUT2D eigenvalue weighted by Gasteiger charge is 2.03. The molecule has 4 rings (SSSR count). The van der Waals surface area contributed by atoms with Crippen LogP contribution in [-0.4, -0.2) is 15.7 Å². The summed E-state index contributed by atoms with van der Waals surface area (Å²) in [6, 6.07) is 11.5. The summed E-state index contributed by atoms with van der Waals surface area (Å²) >= 11 is 20.8. The van der Waals surface area contributed by atoms with Gasteiger partial charge in [-0.1, -0.05) is 41.9 Å². The maximum Gasteiger partial charge on any atom is 0.151 e. The number of rotatable bonds is 2. The van der Waals surface area contributed by atoms with E-state index in [0.717, 1.165) is 40.2 Å². The number of benzene rings is 2. The molecule has 2 aromatic heterocycles. The van der Waals surface area contributed by atoms with Gasteiger partial charge in [0.15, 0.2) is 4.34 Å². The summed E-state index contributed by atoms with van der Waals surface area (Å²) < 4.78 is 4.24. The summed E-state index contributed by atoms with van der Waals surface area (Å²) in [6.07, 6.45) is 0. The quantitative estimate of drug-likeness (QED) is 0.266. The molecule has 2 aromatic carbocycles. The molecule has 0 amide bonds. The van der Waals surface area contributed by atoms with Crippen molar-refractivity contribution in [2.75, 3.05) is 5.75 Å².